The highest BCUT2D eigenvalue weighted by atomic mass is 16.4. The molecule has 0 aliphatic carbocycles. The SMILES string of the molecule is NC(Cc1c[nH]c2ccccc12)C(=O)NC(Cc1cnc[nH]1)C(=O)NC(CCC(=O)O)C(=O)NC(CCC(=O)O)C(=O)O. The molecule has 43 heavy (non-hydrogen) atoms. The van der Waals surface area contributed by atoms with Gasteiger partial charge in [-0.15, -0.1) is 0 Å². The number of carbonyl (C=O) groups excluding carboxylic acids is 3. The molecular formula is C27H33N7O9. The number of aromatic nitrogens is 3. The zero-order valence-corrected chi connectivity index (χ0v) is 22.9. The van der Waals surface area contributed by atoms with E-state index in [9.17, 15) is 33.9 Å². The largest absolute Gasteiger partial charge is 0.481 e. The van der Waals surface area contributed by atoms with Crippen LogP contribution >= 0.6 is 0 Å². The van der Waals surface area contributed by atoms with Crippen LogP contribution < -0.4 is 21.7 Å². The molecule has 0 fully saturated rings. The van der Waals surface area contributed by atoms with Gasteiger partial charge in [-0.1, -0.05) is 18.2 Å². The number of fused-ring (bicyclic) bond motifs is 1. The molecule has 2 heterocycles. The predicted molar refractivity (Wildman–Crippen MR) is 149 cm³/mol. The number of aliphatic carboxylic acids is 3. The maximum atomic E-state index is 13.4. The summed E-state index contributed by atoms with van der Waals surface area (Å²) in [5.74, 6) is -6.64. The molecule has 230 valence electrons. The number of carbonyl (C=O) groups is 6. The number of aromatic amines is 2. The van der Waals surface area contributed by atoms with Crippen molar-refractivity contribution in [3.05, 3.63) is 54.2 Å². The number of imidazole rings is 1. The van der Waals surface area contributed by atoms with Crippen LogP contribution in [0.15, 0.2) is 43.0 Å². The predicted octanol–water partition coefficient (Wildman–Crippen LogP) is -0.728. The van der Waals surface area contributed by atoms with Gasteiger partial charge >= 0.3 is 17.9 Å². The van der Waals surface area contributed by atoms with Gasteiger partial charge in [0.1, 0.15) is 18.1 Å². The third-order valence-corrected chi connectivity index (χ3v) is 6.60. The molecule has 0 radical (unpaired) electrons. The van der Waals surface area contributed by atoms with E-state index in [1.165, 1.54) is 12.5 Å². The third kappa shape index (κ3) is 9.67. The normalized spacial score (nSPS) is 13.8. The van der Waals surface area contributed by atoms with Crippen LogP contribution in [0.25, 0.3) is 10.9 Å². The summed E-state index contributed by atoms with van der Waals surface area (Å²) in [6, 6.07) is 1.98. The Morgan fingerprint density at radius 1 is 0.791 bits per heavy atom. The molecule has 0 saturated heterocycles. The van der Waals surface area contributed by atoms with Crippen LogP contribution in [0.4, 0.5) is 0 Å². The van der Waals surface area contributed by atoms with Gasteiger partial charge in [0.05, 0.1) is 12.4 Å². The fraction of sp³-hybridized carbons (Fsp3) is 0.370. The average Bonchev–Trinajstić information content (AvgIpc) is 3.62. The highest BCUT2D eigenvalue weighted by Gasteiger charge is 2.31. The Kier molecular flexibility index (Phi) is 11.3. The van der Waals surface area contributed by atoms with Gasteiger partial charge in [0.2, 0.25) is 17.7 Å². The van der Waals surface area contributed by atoms with Crippen molar-refractivity contribution in [3.8, 4) is 0 Å². The Morgan fingerprint density at radius 3 is 2.02 bits per heavy atom. The minimum atomic E-state index is -1.60. The first-order chi connectivity index (χ1) is 20.4. The molecule has 0 aliphatic rings. The summed E-state index contributed by atoms with van der Waals surface area (Å²) in [7, 11) is 0. The minimum absolute atomic E-state index is 0.0962. The molecule has 4 unspecified atom stereocenters. The first-order valence-corrected chi connectivity index (χ1v) is 13.3. The van der Waals surface area contributed by atoms with Gasteiger partial charge in [-0.2, -0.15) is 0 Å². The van der Waals surface area contributed by atoms with Gasteiger partial charge in [0.25, 0.3) is 0 Å². The number of amides is 3. The van der Waals surface area contributed by atoms with E-state index < -0.39 is 85.5 Å². The van der Waals surface area contributed by atoms with Crippen molar-refractivity contribution >= 4 is 46.5 Å². The second-order valence-corrected chi connectivity index (χ2v) is 9.84. The van der Waals surface area contributed by atoms with Crippen LogP contribution in [0.2, 0.25) is 0 Å². The Hall–Kier alpha value is -5.25. The molecule has 0 saturated carbocycles. The van der Waals surface area contributed by atoms with E-state index in [0.29, 0.717) is 5.69 Å². The number of hydrogen-bond donors (Lipinski definition) is 9. The van der Waals surface area contributed by atoms with Crippen molar-refractivity contribution in [2.75, 3.05) is 0 Å². The number of carboxylic acid groups (broad SMARTS) is 3. The molecule has 0 spiro atoms. The summed E-state index contributed by atoms with van der Waals surface area (Å²) in [5, 5.41) is 35.4. The molecule has 16 nitrogen and oxygen atoms in total. The van der Waals surface area contributed by atoms with E-state index >= 15 is 0 Å². The Labute approximate surface area is 244 Å². The monoisotopic (exact) mass is 599 g/mol. The van der Waals surface area contributed by atoms with Gasteiger partial charge in [-0.25, -0.2) is 9.78 Å². The number of para-hydroxylation sites is 1. The first kappa shape index (κ1) is 32.3. The van der Waals surface area contributed by atoms with Crippen molar-refractivity contribution in [2.24, 2.45) is 5.73 Å². The van der Waals surface area contributed by atoms with E-state index in [2.05, 4.69) is 30.9 Å². The number of nitrogens with zero attached hydrogens (tertiary/aromatic N) is 1. The van der Waals surface area contributed by atoms with Crippen LogP contribution in [0.3, 0.4) is 0 Å². The van der Waals surface area contributed by atoms with Crippen molar-refractivity contribution in [3.63, 3.8) is 0 Å². The number of benzene rings is 1. The van der Waals surface area contributed by atoms with Crippen molar-refractivity contribution < 1.29 is 44.1 Å². The molecule has 3 amide bonds. The lowest BCUT2D eigenvalue weighted by Crippen LogP contribution is -2.57. The van der Waals surface area contributed by atoms with E-state index in [4.69, 9.17) is 15.9 Å². The quantitative estimate of drug-likeness (QED) is 0.0933. The molecule has 3 aromatic rings. The van der Waals surface area contributed by atoms with Crippen LogP contribution in [0.1, 0.15) is 36.9 Å². The molecule has 2 aromatic heterocycles. The number of nitrogens with one attached hydrogen (secondary N) is 5. The third-order valence-electron chi connectivity index (χ3n) is 6.60. The topological polar surface area (TPSA) is 270 Å². The zero-order chi connectivity index (χ0) is 31.5. The van der Waals surface area contributed by atoms with Gasteiger partial charge in [0.15, 0.2) is 0 Å². The highest BCUT2D eigenvalue weighted by molar-refractivity contribution is 5.94. The number of hydrogen-bond acceptors (Lipinski definition) is 8. The lowest BCUT2D eigenvalue weighted by Gasteiger charge is -2.25. The molecule has 0 bridgehead atoms. The Morgan fingerprint density at radius 2 is 1.40 bits per heavy atom. The summed E-state index contributed by atoms with van der Waals surface area (Å²) in [5.41, 5.74) is 8.28. The number of H-pyrrole nitrogens is 2. The van der Waals surface area contributed by atoms with Crippen molar-refractivity contribution in [1.29, 1.82) is 0 Å². The van der Waals surface area contributed by atoms with E-state index in [-0.39, 0.29) is 12.8 Å². The lowest BCUT2D eigenvalue weighted by molar-refractivity contribution is -0.144. The molecule has 16 heteroatoms. The molecule has 1 aromatic carbocycles. The van der Waals surface area contributed by atoms with Crippen LogP contribution in [-0.4, -0.2) is 90.1 Å². The maximum Gasteiger partial charge on any atom is 0.326 e. The second-order valence-electron chi connectivity index (χ2n) is 9.84. The van der Waals surface area contributed by atoms with E-state index in [0.717, 1.165) is 16.5 Å². The molecule has 0 aliphatic heterocycles. The number of nitrogens with two attached hydrogens (primary N) is 1. The maximum absolute atomic E-state index is 13.4. The minimum Gasteiger partial charge on any atom is -0.481 e. The smallest absolute Gasteiger partial charge is 0.326 e. The average molecular weight is 600 g/mol. The first-order valence-electron chi connectivity index (χ1n) is 13.3. The van der Waals surface area contributed by atoms with E-state index in [1.54, 1.807) is 6.20 Å². The summed E-state index contributed by atoms with van der Waals surface area (Å²) < 4.78 is 0. The highest BCUT2D eigenvalue weighted by Crippen LogP contribution is 2.19. The van der Waals surface area contributed by atoms with Gasteiger partial charge in [0, 0.05) is 48.3 Å². The fourth-order valence-electron chi connectivity index (χ4n) is 4.34. The number of carboxylic acids is 3. The van der Waals surface area contributed by atoms with Crippen molar-refractivity contribution in [2.45, 2.75) is 62.7 Å². The molecule has 3 rings (SSSR count). The number of rotatable bonds is 17. The summed E-state index contributed by atoms with van der Waals surface area (Å²) in [4.78, 5) is 82.9. The second kappa shape index (κ2) is 15.1. The van der Waals surface area contributed by atoms with Crippen LogP contribution in [0, 0.1) is 0 Å². The van der Waals surface area contributed by atoms with Gasteiger partial charge < -0.3 is 47.0 Å². The van der Waals surface area contributed by atoms with Gasteiger partial charge in [-0.05, 0) is 30.9 Å². The summed E-state index contributed by atoms with van der Waals surface area (Å²) in [6.07, 6.45) is 2.60. The fourth-order valence-corrected chi connectivity index (χ4v) is 4.34. The summed E-state index contributed by atoms with van der Waals surface area (Å²) >= 11 is 0. The van der Waals surface area contributed by atoms with Crippen molar-refractivity contribution in [1.82, 2.24) is 30.9 Å². The molecular weight excluding hydrogens is 566 g/mol. The lowest BCUT2D eigenvalue weighted by atomic mass is 10.0. The standard InChI is InChI=1S/C27H33N7O9/c28-17(9-14-11-30-18-4-2-1-3-16(14)18)24(39)34-21(10-15-12-29-13-31-15)26(41)32-19(5-7-22(35)36)25(40)33-20(27(42)43)6-8-23(37)38/h1-4,11-13,17,19-21,30H,5-10,28H2,(H,29,31)(H,32,41)(H,33,40)(H,34,39)(H,35,36)(H,37,38)(H,42,43). The molecule has 4 atom stereocenters. The van der Waals surface area contributed by atoms with Crippen LogP contribution in [-0.2, 0) is 41.6 Å². The van der Waals surface area contributed by atoms with E-state index in [1.807, 2.05) is 24.3 Å². The zero-order valence-electron chi connectivity index (χ0n) is 22.9. The summed E-state index contributed by atoms with van der Waals surface area (Å²) in [6.45, 7) is 0. The Bertz CT molecular complexity index is 1450. The Balaban J connectivity index is 1.75. The van der Waals surface area contributed by atoms with Gasteiger partial charge in [-0.3, -0.25) is 24.0 Å². The van der Waals surface area contributed by atoms with Crippen LogP contribution in [0.5, 0.6) is 0 Å². The molecule has 10 N–H and O–H groups in total.